The van der Waals surface area contributed by atoms with E-state index >= 15 is 0 Å². The van der Waals surface area contributed by atoms with E-state index in [9.17, 15) is 0 Å². The van der Waals surface area contributed by atoms with Crippen LogP contribution in [-0.4, -0.2) is 15.9 Å². The number of nitriles is 1. The quantitative estimate of drug-likeness (QED) is 0.826. The van der Waals surface area contributed by atoms with E-state index in [0.29, 0.717) is 12.1 Å². The Labute approximate surface area is 106 Å². The first-order valence-corrected chi connectivity index (χ1v) is 5.85. The highest BCUT2D eigenvalue weighted by Gasteiger charge is 2.02. The Morgan fingerprint density at radius 2 is 2.06 bits per heavy atom. The summed E-state index contributed by atoms with van der Waals surface area (Å²) >= 11 is 0. The van der Waals surface area contributed by atoms with Crippen molar-refractivity contribution >= 4 is 0 Å². The molecule has 18 heavy (non-hydrogen) atoms. The molecule has 0 unspecified atom stereocenters. The van der Waals surface area contributed by atoms with Crippen LogP contribution in [0.3, 0.4) is 0 Å². The minimum absolute atomic E-state index is 0.151. The predicted octanol–water partition coefficient (Wildman–Crippen LogP) is 2.59. The number of nitrogens with zero attached hydrogens (tertiary/aromatic N) is 3. The highest BCUT2D eigenvalue weighted by molar-refractivity contribution is 5.31. The second-order valence-electron chi connectivity index (χ2n) is 4.35. The Kier molecular flexibility index (Phi) is 3.63. The monoisotopic (exact) mass is 241 g/mol. The number of ether oxygens (including phenoxy) is 1. The molecule has 0 aliphatic rings. The summed E-state index contributed by atoms with van der Waals surface area (Å²) in [4.78, 5) is 0. The fourth-order valence-corrected chi connectivity index (χ4v) is 1.64. The van der Waals surface area contributed by atoms with Crippen LogP contribution in [0, 0.1) is 11.3 Å². The number of benzene rings is 1. The minimum Gasteiger partial charge on any atom is -0.488 e. The summed E-state index contributed by atoms with van der Waals surface area (Å²) in [7, 11) is 0. The second kappa shape index (κ2) is 5.37. The topological polar surface area (TPSA) is 50.8 Å². The zero-order valence-corrected chi connectivity index (χ0v) is 10.5. The fraction of sp³-hybridized carbons (Fsp3) is 0.286. The van der Waals surface area contributed by atoms with Crippen molar-refractivity contribution in [2.45, 2.75) is 26.5 Å². The van der Waals surface area contributed by atoms with Crippen molar-refractivity contribution in [1.82, 2.24) is 9.78 Å². The molecule has 0 amide bonds. The lowest BCUT2D eigenvalue weighted by Crippen LogP contribution is -2.04. The predicted molar refractivity (Wildman–Crippen MR) is 68.3 cm³/mol. The smallest absolute Gasteiger partial charge is 0.157 e. The van der Waals surface area contributed by atoms with Crippen LogP contribution in [0.5, 0.6) is 5.75 Å². The van der Waals surface area contributed by atoms with Gasteiger partial charge in [0.2, 0.25) is 0 Å². The van der Waals surface area contributed by atoms with Gasteiger partial charge in [-0.15, -0.1) is 0 Å². The van der Waals surface area contributed by atoms with E-state index in [2.05, 4.69) is 11.2 Å². The molecule has 1 aromatic heterocycles. The van der Waals surface area contributed by atoms with Gasteiger partial charge in [-0.1, -0.05) is 12.1 Å². The van der Waals surface area contributed by atoms with Gasteiger partial charge >= 0.3 is 0 Å². The van der Waals surface area contributed by atoms with Gasteiger partial charge in [0, 0.05) is 0 Å². The van der Waals surface area contributed by atoms with E-state index in [0.717, 1.165) is 11.3 Å². The third kappa shape index (κ3) is 3.11. The molecule has 0 atom stereocenters. The van der Waals surface area contributed by atoms with Crippen molar-refractivity contribution in [1.29, 1.82) is 5.26 Å². The van der Waals surface area contributed by atoms with Gasteiger partial charge in [0.05, 0.1) is 36.7 Å². The largest absolute Gasteiger partial charge is 0.488 e. The number of rotatable bonds is 4. The lowest BCUT2D eigenvalue weighted by Gasteiger charge is -2.05. The van der Waals surface area contributed by atoms with Crippen molar-refractivity contribution in [3.63, 3.8) is 0 Å². The van der Waals surface area contributed by atoms with Gasteiger partial charge < -0.3 is 4.74 Å². The van der Waals surface area contributed by atoms with E-state index < -0.39 is 0 Å². The Balaban J connectivity index is 2.04. The average molecular weight is 241 g/mol. The van der Waals surface area contributed by atoms with Crippen LogP contribution in [0.4, 0.5) is 0 Å². The summed E-state index contributed by atoms with van der Waals surface area (Å²) in [6.45, 7) is 4.64. The Morgan fingerprint density at radius 1 is 1.33 bits per heavy atom. The molecule has 0 N–H and O–H groups in total. The molecule has 1 heterocycles. The van der Waals surface area contributed by atoms with Crippen LogP contribution in [0.15, 0.2) is 36.7 Å². The third-order valence-corrected chi connectivity index (χ3v) is 2.41. The molecular weight excluding hydrogens is 226 g/mol. The van der Waals surface area contributed by atoms with E-state index in [4.69, 9.17) is 10.00 Å². The molecule has 2 rings (SSSR count). The maximum Gasteiger partial charge on any atom is 0.157 e. The molecule has 4 heteroatoms. The lowest BCUT2D eigenvalue weighted by molar-refractivity contribution is 0.242. The van der Waals surface area contributed by atoms with Crippen molar-refractivity contribution in [3.05, 3.63) is 47.8 Å². The van der Waals surface area contributed by atoms with Gasteiger partial charge in [-0.3, -0.25) is 4.68 Å². The molecule has 0 bridgehead atoms. The van der Waals surface area contributed by atoms with E-state index in [1.54, 1.807) is 6.20 Å². The summed E-state index contributed by atoms with van der Waals surface area (Å²) in [5.74, 6) is 0.777. The molecule has 2 aromatic rings. The van der Waals surface area contributed by atoms with Crippen LogP contribution in [-0.2, 0) is 6.54 Å². The van der Waals surface area contributed by atoms with E-state index in [-0.39, 0.29) is 6.10 Å². The van der Waals surface area contributed by atoms with Gasteiger partial charge in [0.15, 0.2) is 5.75 Å². The lowest BCUT2D eigenvalue weighted by atomic mass is 10.1. The average Bonchev–Trinajstić information content (AvgIpc) is 2.76. The number of hydrogen-bond donors (Lipinski definition) is 0. The normalized spacial score (nSPS) is 10.3. The molecule has 0 aliphatic carbocycles. The molecule has 0 radical (unpaired) electrons. The van der Waals surface area contributed by atoms with E-state index in [1.165, 1.54) is 0 Å². The van der Waals surface area contributed by atoms with Crippen molar-refractivity contribution in [2.75, 3.05) is 0 Å². The SMILES string of the molecule is CC(C)Oc1cnn(Cc2ccc(C#N)cc2)c1. The van der Waals surface area contributed by atoms with E-state index in [1.807, 2.05) is 49.0 Å². The number of aromatic nitrogens is 2. The van der Waals surface area contributed by atoms with Crippen LogP contribution < -0.4 is 4.74 Å². The summed E-state index contributed by atoms with van der Waals surface area (Å²) in [6.07, 6.45) is 3.74. The van der Waals surface area contributed by atoms with Crippen LogP contribution >= 0.6 is 0 Å². The van der Waals surface area contributed by atoms with Gasteiger partial charge in [0.1, 0.15) is 0 Å². The minimum atomic E-state index is 0.151. The molecule has 0 saturated carbocycles. The summed E-state index contributed by atoms with van der Waals surface area (Å²) in [6, 6.07) is 9.59. The first-order chi connectivity index (χ1) is 8.67. The van der Waals surface area contributed by atoms with Gasteiger partial charge in [0.25, 0.3) is 0 Å². The maximum absolute atomic E-state index is 8.72. The van der Waals surface area contributed by atoms with Crippen molar-refractivity contribution in [3.8, 4) is 11.8 Å². The molecule has 0 aliphatic heterocycles. The molecular formula is C14H15N3O. The van der Waals surface area contributed by atoms with Gasteiger partial charge in [-0.2, -0.15) is 10.4 Å². The highest BCUT2D eigenvalue weighted by atomic mass is 16.5. The Bertz CT molecular complexity index is 549. The zero-order chi connectivity index (χ0) is 13.0. The van der Waals surface area contributed by atoms with Crippen molar-refractivity contribution in [2.24, 2.45) is 0 Å². The molecule has 0 spiro atoms. The zero-order valence-electron chi connectivity index (χ0n) is 10.5. The standard InChI is InChI=1S/C14H15N3O/c1-11(2)18-14-8-16-17(10-14)9-13-5-3-12(7-15)4-6-13/h3-6,8,10-11H,9H2,1-2H3. The van der Waals surface area contributed by atoms with Crippen LogP contribution in [0.25, 0.3) is 0 Å². The number of hydrogen-bond acceptors (Lipinski definition) is 3. The molecule has 0 fully saturated rings. The maximum atomic E-state index is 8.72. The van der Waals surface area contributed by atoms with Crippen LogP contribution in [0.1, 0.15) is 25.0 Å². The van der Waals surface area contributed by atoms with Gasteiger partial charge in [-0.25, -0.2) is 0 Å². The Morgan fingerprint density at radius 3 is 2.67 bits per heavy atom. The van der Waals surface area contributed by atoms with Gasteiger partial charge in [-0.05, 0) is 31.5 Å². The van der Waals surface area contributed by atoms with Crippen molar-refractivity contribution < 1.29 is 4.74 Å². The summed E-state index contributed by atoms with van der Waals surface area (Å²) in [5.41, 5.74) is 1.77. The molecule has 4 nitrogen and oxygen atoms in total. The second-order valence-corrected chi connectivity index (χ2v) is 4.35. The summed E-state index contributed by atoms with van der Waals surface area (Å²) < 4.78 is 7.36. The first-order valence-electron chi connectivity index (χ1n) is 5.85. The summed E-state index contributed by atoms with van der Waals surface area (Å²) in [5, 5.41) is 13.0. The fourth-order valence-electron chi connectivity index (χ4n) is 1.64. The third-order valence-electron chi connectivity index (χ3n) is 2.41. The Hall–Kier alpha value is -2.28. The molecule has 0 saturated heterocycles. The first kappa shape index (κ1) is 12.2. The molecule has 1 aromatic carbocycles. The highest BCUT2D eigenvalue weighted by Crippen LogP contribution is 2.12. The molecule has 92 valence electrons. The van der Waals surface area contributed by atoms with Crippen LogP contribution in [0.2, 0.25) is 0 Å².